The quantitative estimate of drug-likeness (QED) is 0.304. The van der Waals surface area contributed by atoms with E-state index in [4.69, 9.17) is 13.2 Å². The van der Waals surface area contributed by atoms with Gasteiger partial charge in [-0.3, -0.25) is 0 Å². The van der Waals surface area contributed by atoms with Crippen molar-refractivity contribution >= 4 is 36.1 Å². The summed E-state index contributed by atoms with van der Waals surface area (Å²) >= 11 is 0. The summed E-state index contributed by atoms with van der Waals surface area (Å²) in [6, 6.07) is 0.740. The predicted molar refractivity (Wildman–Crippen MR) is 163 cm³/mol. The molecular formula is C31H42BN4O6. The molecule has 0 bridgehead atoms. The zero-order chi connectivity index (χ0) is 31.0. The number of carbonyl (C=O) groups is 2. The van der Waals surface area contributed by atoms with Crippen molar-refractivity contribution in [2.45, 2.75) is 69.7 Å². The first-order valence-corrected chi connectivity index (χ1v) is 14.6. The monoisotopic (exact) mass is 577 g/mol. The Labute approximate surface area is 248 Å². The fraction of sp³-hybridized carbons (Fsp3) is 0.581. The van der Waals surface area contributed by atoms with Gasteiger partial charge in [0.05, 0.1) is 0 Å². The molecule has 10 nitrogen and oxygen atoms in total. The van der Waals surface area contributed by atoms with Gasteiger partial charge in [0.2, 0.25) is 0 Å². The Morgan fingerprint density at radius 1 is 1.17 bits per heavy atom. The van der Waals surface area contributed by atoms with E-state index in [0.717, 1.165) is 36.2 Å². The van der Waals surface area contributed by atoms with Crippen LogP contribution in [-0.4, -0.2) is 107 Å². The molecule has 4 atom stereocenters. The van der Waals surface area contributed by atoms with Gasteiger partial charge in [0.1, 0.15) is 0 Å². The topological polar surface area (TPSA) is 151 Å². The fourth-order valence-corrected chi connectivity index (χ4v) is 8.04. The van der Waals surface area contributed by atoms with E-state index < -0.39 is 57.7 Å². The molecule has 42 heavy (non-hydrogen) atoms. The molecule has 6 N–H and O–H groups in total. The number of likely N-dealkylation sites (N-methyl/N-ethyl adjacent to an activating group) is 1. The van der Waals surface area contributed by atoms with Crippen LogP contribution in [0.25, 0.3) is 5.76 Å². The van der Waals surface area contributed by atoms with Gasteiger partial charge < -0.3 is 0 Å². The van der Waals surface area contributed by atoms with E-state index in [0.29, 0.717) is 13.0 Å². The summed E-state index contributed by atoms with van der Waals surface area (Å²) < 4.78 is 0. The second-order valence-corrected chi connectivity index (χ2v) is 13.1. The number of fused-ring (bicyclic) bond motifs is 3. The van der Waals surface area contributed by atoms with Crippen molar-refractivity contribution in [1.82, 2.24) is 9.80 Å². The van der Waals surface area contributed by atoms with Gasteiger partial charge in [-0.2, -0.15) is 0 Å². The average molecular weight is 578 g/mol. The van der Waals surface area contributed by atoms with Crippen molar-refractivity contribution in [1.29, 1.82) is 0 Å². The molecule has 4 aliphatic rings. The summed E-state index contributed by atoms with van der Waals surface area (Å²) in [4.78, 5) is 32.5. The van der Waals surface area contributed by atoms with Crippen molar-refractivity contribution in [3.8, 4) is 5.75 Å². The number of amides is 1. The second kappa shape index (κ2) is 10.2. The number of nitrogens with two attached hydrogens (primary N) is 1. The molecule has 0 saturated heterocycles. The number of aliphatic hydroxyl groups is 3. The molecule has 11 heteroatoms. The molecule has 1 amide bonds. The minimum absolute atomic E-state index is 0.0446. The molecule has 1 radical (unpaired) electrons. The van der Waals surface area contributed by atoms with Crippen molar-refractivity contribution in [3.63, 3.8) is 0 Å². The zero-order valence-corrected chi connectivity index (χ0v) is 25.4. The van der Waals surface area contributed by atoms with E-state index in [1.54, 1.807) is 25.1 Å². The Morgan fingerprint density at radius 2 is 1.81 bits per heavy atom. The first kappa shape index (κ1) is 30.3. The Hall–Kier alpha value is -3.15. The summed E-state index contributed by atoms with van der Waals surface area (Å²) in [5.41, 5.74) is 4.86. The number of aromatic hydroxyl groups is 1. The molecule has 5 rings (SSSR count). The number of ketones is 1. The van der Waals surface area contributed by atoms with Gasteiger partial charge in [0.15, 0.2) is 0 Å². The van der Waals surface area contributed by atoms with Crippen molar-refractivity contribution in [2.75, 3.05) is 39.6 Å². The molecule has 0 heterocycles. The standard InChI is InChI=1S/C31H42BN4O6/c1-7-36(30(2)9-8-10-30)14-16-13-19(37)21-17(23(16)34(3)4)11-15-12-18-24(35(5)6)26(39)22(29(33)41)27(32)31(18,42)28(40)20(15)25(21)38/h13,15,18,24,37-39,42H,7-12,14H2,1-6H3,(H2,33,41)/t15-,18-,24-,31+/m0/s1. The number of benzene rings is 1. The second-order valence-electron chi connectivity index (χ2n) is 13.1. The van der Waals surface area contributed by atoms with Gasteiger partial charge in [-0.25, -0.2) is 0 Å². The molecule has 2 saturated carbocycles. The van der Waals surface area contributed by atoms with Crippen LogP contribution in [0.5, 0.6) is 5.75 Å². The number of primary amides is 1. The average Bonchev–Trinajstić information content (AvgIpc) is 2.87. The molecule has 4 aliphatic carbocycles. The number of phenolic OH excluding ortho intramolecular Hbond substituents is 1. The fourth-order valence-electron chi connectivity index (χ4n) is 8.04. The van der Waals surface area contributed by atoms with Gasteiger partial charge in [-0.05, 0) is 26.2 Å². The first-order valence-electron chi connectivity index (χ1n) is 14.6. The van der Waals surface area contributed by atoms with Crippen LogP contribution in [0.4, 0.5) is 5.69 Å². The molecule has 0 unspecified atom stereocenters. The maximum absolute atomic E-state index is 14.2. The van der Waals surface area contributed by atoms with Crippen molar-refractivity contribution in [2.24, 2.45) is 17.6 Å². The Balaban J connectivity index is 1.67. The molecule has 0 aromatic heterocycles. The first-order chi connectivity index (χ1) is 19.6. The summed E-state index contributed by atoms with van der Waals surface area (Å²) in [5.74, 6) is -4.31. The van der Waals surface area contributed by atoms with Gasteiger partial charge >= 0.3 is 215 Å². The molecule has 1 aromatic carbocycles. The number of Topliss-reactive ketones (excluding diaryl/α,β-unsaturated/α-hetero) is 1. The van der Waals surface area contributed by atoms with Crippen LogP contribution >= 0.6 is 0 Å². The molecule has 1 aromatic rings. The SMILES string of the molecule is [B]=C1C(C(N)=O)=C(O)[C@@H](N(C)C)[C@@H]2C[C@@H]3Cc4c(c(O)cc(CN(CC)C5(C)CCC5)c4N(C)C)C(O)=C3C(=O)[C@]12O. The van der Waals surface area contributed by atoms with E-state index in [1.807, 2.05) is 19.0 Å². The summed E-state index contributed by atoms with van der Waals surface area (Å²) in [6.45, 7) is 5.87. The molecule has 0 spiro atoms. The number of hydrogen-bond acceptors (Lipinski definition) is 9. The van der Waals surface area contributed by atoms with Crippen LogP contribution in [0.3, 0.4) is 0 Å². The summed E-state index contributed by atoms with van der Waals surface area (Å²) in [6.07, 6.45) is 3.91. The van der Waals surface area contributed by atoms with Gasteiger partial charge in [-0.1, -0.05) is 6.92 Å². The molecule has 2 fully saturated rings. The van der Waals surface area contributed by atoms with Gasteiger partial charge in [0.25, 0.3) is 0 Å². The van der Waals surface area contributed by atoms with Gasteiger partial charge in [-0.15, -0.1) is 0 Å². The van der Waals surface area contributed by atoms with E-state index in [2.05, 4.69) is 18.7 Å². The predicted octanol–water partition coefficient (Wildman–Crippen LogP) is 1.57. The number of phenols is 1. The molecule has 0 aliphatic heterocycles. The molecule has 225 valence electrons. The summed E-state index contributed by atoms with van der Waals surface area (Å²) in [7, 11) is 13.4. The van der Waals surface area contributed by atoms with Crippen molar-refractivity contribution < 1.29 is 30.0 Å². The summed E-state index contributed by atoms with van der Waals surface area (Å²) in [5, 5.41) is 46.0. The number of nitrogens with zero attached hydrogens (tertiary/aromatic N) is 3. The third-order valence-corrected chi connectivity index (χ3v) is 10.3. The number of rotatable bonds is 7. The van der Waals surface area contributed by atoms with Crippen LogP contribution < -0.4 is 10.6 Å². The third-order valence-electron chi connectivity index (χ3n) is 10.3. The number of anilines is 1. The van der Waals surface area contributed by atoms with Gasteiger partial charge in [0, 0.05) is 0 Å². The Bertz CT molecular complexity index is 1440. The van der Waals surface area contributed by atoms with Crippen LogP contribution in [0.15, 0.2) is 23.0 Å². The number of carbonyl (C=O) groups excluding carboxylic acids is 2. The third kappa shape index (κ3) is 4.15. The molecular weight excluding hydrogens is 535 g/mol. The van der Waals surface area contributed by atoms with E-state index in [-0.39, 0.29) is 28.8 Å². The van der Waals surface area contributed by atoms with Crippen LogP contribution in [-0.2, 0) is 22.6 Å². The Kier molecular flexibility index (Phi) is 7.39. The van der Waals surface area contributed by atoms with E-state index in [9.17, 15) is 30.0 Å². The van der Waals surface area contributed by atoms with Crippen molar-refractivity contribution in [3.05, 3.63) is 39.7 Å². The normalized spacial score (nSPS) is 28.4. The minimum atomic E-state index is -2.39. The Morgan fingerprint density at radius 3 is 2.31 bits per heavy atom. The van der Waals surface area contributed by atoms with Crippen LogP contribution in [0.1, 0.15) is 56.2 Å². The van der Waals surface area contributed by atoms with E-state index >= 15 is 0 Å². The number of hydrogen-bond donors (Lipinski definition) is 5. The van der Waals surface area contributed by atoms with E-state index in [1.165, 1.54) is 6.42 Å². The number of aliphatic hydroxyl groups excluding tert-OH is 2. The van der Waals surface area contributed by atoms with Crippen LogP contribution in [0.2, 0.25) is 0 Å². The maximum atomic E-state index is 14.2. The van der Waals surface area contributed by atoms with Crippen LogP contribution in [0, 0.1) is 11.8 Å². The zero-order valence-electron chi connectivity index (χ0n) is 25.4.